The van der Waals surface area contributed by atoms with Gasteiger partial charge in [-0.05, 0) is 12.1 Å². The Kier molecular flexibility index (Phi) is 3.82. The second-order valence-electron chi connectivity index (χ2n) is 5.30. The van der Waals surface area contributed by atoms with Gasteiger partial charge in [0.2, 0.25) is 5.82 Å². The zero-order valence-corrected chi connectivity index (χ0v) is 13.4. The van der Waals surface area contributed by atoms with Crippen LogP contribution in [0.3, 0.4) is 0 Å². The summed E-state index contributed by atoms with van der Waals surface area (Å²) in [5, 5.41) is 3.34. The molecule has 3 aromatic rings. The molecule has 7 nitrogen and oxygen atoms in total. The molecule has 0 aliphatic rings. The van der Waals surface area contributed by atoms with Crippen LogP contribution in [0, 0.1) is 0 Å². The minimum Gasteiger partial charge on any atom is -0.329 e. The Labute approximate surface area is 134 Å². The quantitative estimate of drug-likeness (QED) is 0.718. The van der Waals surface area contributed by atoms with Crippen LogP contribution >= 0.6 is 0 Å². The molecule has 0 spiro atoms. The van der Waals surface area contributed by atoms with E-state index in [0.717, 1.165) is 0 Å². The number of halogens is 3. The molecular weight excluding hydrogens is 347 g/mol. The van der Waals surface area contributed by atoms with Gasteiger partial charge in [-0.1, -0.05) is 5.16 Å². The van der Waals surface area contributed by atoms with Crippen molar-refractivity contribution in [2.75, 3.05) is 12.5 Å². The zero-order chi connectivity index (χ0) is 17.5. The van der Waals surface area contributed by atoms with Gasteiger partial charge in [0.25, 0.3) is 0 Å². The first-order valence-corrected chi connectivity index (χ1v) is 8.97. The maximum Gasteiger partial charge on any atom is 0.471 e. The van der Waals surface area contributed by atoms with Gasteiger partial charge in [-0.15, -0.1) is 0 Å². The molecule has 0 bridgehead atoms. The number of pyridine rings is 1. The second kappa shape index (κ2) is 5.58. The van der Waals surface area contributed by atoms with Crippen LogP contribution in [-0.2, 0) is 22.5 Å². The summed E-state index contributed by atoms with van der Waals surface area (Å²) in [6, 6.07) is 3.15. The maximum atomic E-state index is 12.5. The highest BCUT2D eigenvalue weighted by Gasteiger charge is 2.38. The van der Waals surface area contributed by atoms with E-state index in [4.69, 9.17) is 0 Å². The molecule has 128 valence electrons. The van der Waals surface area contributed by atoms with Crippen molar-refractivity contribution in [3.05, 3.63) is 36.1 Å². The monoisotopic (exact) mass is 359 g/mol. The fraction of sp³-hybridized carbons (Fsp3) is 0.308. The summed E-state index contributed by atoms with van der Waals surface area (Å²) in [6.07, 6.45) is 1.54. The van der Waals surface area contributed by atoms with E-state index >= 15 is 0 Å². The van der Waals surface area contributed by atoms with Gasteiger partial charge in [-0.3, -0.25) is 4.21 Å². The summed E-state index contributed by atoms with van der Waals surface area (Å²) >= 11 is 0. The van der Waals surface area contributed by atoms with Crippen molar-refractivity contribution in [3.8, 4) is 11.4 Å². The van der Waals surface area contributed by atoms with Gasteiger partial charge in [-0.25, -0.2) is 9.35 Å². The highest BCUT2D eigenvalue weighted by Crippen LogP contribution is 2.29. The van der Waals surface area contributed by atoms with Crippen molar-refractivity contribution >= 4 is 15.4 Å². The SMILES string of the molecule is CS(C)(=O)=NCc1cn2cc(-c3noc(C(F)(F)F)n3)ccc2n1. The van der Waals surface area contributed by atoms with E-state index < -0.39 is 21.8 Å². The first-order chi connectivity index (χ1) is 11.1. The number of hydrogen-bond acceptors (Lipinski definition) is 6. The van der Waals surface area contributed by atoms with Gasteiger partial charge in [0, 0.05) is 40.2 Å². The van der Waals surface area contributed by atoms with Crippen LogP contribution < -0.4 is 0 Å². The van der Waals surface area contributed by atoms with Gasteiger partial charge in [0.1, 0.15) is 5.65 Å². The largest absolute Gasteiger partial charge is 0.471 e. The second-order valence-corrected chi connectivity index (χ2v) is 7.93. The van der Waals surface area contributed by atoms with Crippen molar-refractivity contribution in [2.24, 2.45) is 4.36 Å². The molecule has 24 heavy (non-hydrogen) atoms. The topological polar surface area (TPSA) is 85.7 Å². The van der Waals surface area contributed by atoms with Crippen molar-refractivity contribution < 1.29 is 21.9 Å². The zero-order valence-electron chi connectivity index (χ0n) is 12.6. The Balaban J connectivity index is 1.94. The molecule has 0 saturated carbocycles. The molecular formula is C13H12F3N5O2S. The number of fused-ring (bicyclic) bond motifs is 1. The molecule has 3 aromatic heterocycles. The molecule has 0 amide bonds. The number of aromatic nitrogens is 4. The van der Waals surface area contributed by atoms with Crippen LogP contribution in [0.5, 0.6) is 0 Å². The van der Waals surface area contributed by atoms with Crippen LogP contribution in [-0.4, -0.2) is 36.2 Å². The first-order valence-electron chi connectivity index (χ1n) is 6.64. The average Bonchev–Trinajstić information content (AvgIpc) is 3.09. The molecule has 0 aliphatic heterocycles. The highest BCUT2D eigenvalue weighted by atomic mass is 32.2. The van der Waals surface area contributed by atoms with Crippen LogP contribution in [0.4, 0.5) is 13.2 Å². The van der Waals surface area contributed by atoms with Crippen molar-refractivity contribution in [3.63, 3.8) is 0 Å². The van der Waals surface area contributed by atoms with Crippen molar-refractivity contribution in [1.29, 1.82) is 0 Å². The first kappa shape index (κ1) is 16.4. The van der Waals surface area contributed by atoms with E-state index in [1.165, 1.54) is 24.8 Å². The molecule has 0 N–H and O–H groups in total. The highest BCUT2D eigenvalue weighted by molar-refractivity contribution is 7.92. The van der Waals surface area contributed by atoms with Crippen molar-refractivity contribution in [2.45, 2.75) is 12.7 Å². The fourth-order valence-electron chi connectivity index (χ4n) is 1.93. The number of rotatable bonds is 3. The van der Waals surface area contributed by atoms with Crippen LogP contribution in [0.25, 0.3) is 17.0 Å². The van der Waals surface area contributed by atoms with Crippen LogP contribution in [0.15, 0.2) is 33.4 Å². The molecule has 0 atom stereocenters. The molecule has 0 fully saturated rings. The van der Waals surface area contributed by atoms with Gasteiger partial charge >= 0.3 is 12.1 Å². The minimum absolute atomic E-state index is 0.172. The molecule has 0 aromatic carbocycles. The molecule has 0 aliphatic carbocycles. The lowest BCUT2D eigenvalue weighted by molar-refractivity contribution is -0.159. The van der Waals surface area contributed by atoms with E-state index in [1.54, 1.807) is 16.7 Å². The predicted octanol–water partition coefficient (Wildman–Crippen LogP) is 2.63. The molecule has 0 unspecified atom stereocenters. The van der Waals surface area contributed by atoms with E-state index in [0.29, 0.717) is 16.9 Å². The molecule has 11 heteroatoms. The summed E-state index contributed by atoms with van der Waals surface area (Å²) in [5.41, 5.74) is 1.51. The Morgan fingerprint density at radius 2 is 2.00 bits per heavy atom. The van der Waals surface area contributed by atoms with Crippen LogP contribution in [0.2, 0.25) is 0 Å². The molecule has 0 saturated heterocycles. The van der Waals surface area contributed by atoms with Gasteiger partial charge < -0.3 is 8.92 Å². The lowest BCUT2D eigenvalue weighted by Gasteiger charge is -1.97. The fourth-order valence-corrected chi connectivity index (χ4v) is 2.37. The Hall–Kier alpha value is -2.43. The maximum absolute atomic E-state index is 12.5. The number of hydrogen-bond donors (Lipinski definition) is 0. The third-order valence-electron chi connectivity index (χ3n) is 2.97. The van der Waals surface area contributed by atoms with Crippen LogP contribution in [0.1, 0.15) is 11.6 Å². The Morgan fingerprint density at radius 1 is 1.25 bits per heavy atom. The number of imidazole rings is 1. The summed E-state index contributed by atoms with van der Waals surface area (Å²) in [4.78, 5) is 7.64. The number of nitrogens with zero attached hydrogens (tertiary/aromatic N) is 5. The van der Waals surface area contributed by atoms with E-state index in [-0.39, 0.29) is 12.4 Å². The Morgan fingerprint density at radius 3 is 2.62 bits per heavy atom. The standard InChI is InChI=1S/C13H12F3N5O2S/c1-24(2,22)17-5-9-7-21-6-8(3-4-10(21)18-9)11-19-12(23-20-11)13(14,15)16/h3-4,6-7H,5H2,1-2H3. The predicted molar refractivity (Wildman–Crippen MR) is 79.6 cm³/mol. The molecule has 0 radical (unpaired) electrons. The van der Waals surface area contributed by atoms with Gasteiger partial charge in [0.15, 0.2) is 0 Å². The summed E-state index contributed by atoms with van der Waals surface area (Å²) < 4.78 is 59.0. The smallest absolute Gasteiger partial charge is 0.329 e. The summed E-state index contributed by atoms with van der Waals surface area (Å²) in [7, 11) is -2.24. The third kappa shape index (κ3) is 3.55. The lowest BCUT2D eigenvalue weighted by atomic mass is 10.3. The van der Waals surface area contributed by atoms with Gasteiger partial charge in [0.05, 0.1) is 12.2 Å². The summed E-state index contributed by atoms with van der Waals surface area (Å²) in [5.74, 6) is -1.57. The lowest BCUT2D eigenvalue weighted by Crippen LogP contribution is -2.04. The average molecular weight is 359 g/mol. The summed E-state index contributed by atoms with van der Waals surface area (Å²) in [6.45, 7) is 0.184. The van der Waals surface area contributed by atoms with Crippen molar-refractivity contribution in [1.82, 2.24) is 19.5 Å². The number of alkyl halides is 3. The Bertz CT molecular complexity index is 1010. The minimum atomic E-state index is -4.69. The third-order valence-corrected chi connectivity index (χ3v) is 3.72. The molecule has 3 heterocycles. The molecule has 3 rings (SSSR count). The normalized spacial score (nSPS) is 12.7. The van der Waals surface area contributed by atoms with E-state index in [9.17, 15) is 17.4 Å². The van der Waals surface area contributed by atoms with E-state index in [1.807, 2.05) is 0 Å². The van der Waals surface area contributed by atoms with Gasteiger partial charge in [-0.2, -0.15) is 18.2 Å². The van der Waals surface area contributed by atoms with E-state index in [2.05, 4.69) is 24.0 Å².